The van der Waals surface area contributed by atoms with Crippen LogP contribution in [0.25, 0.3) is 11.1 Å². The Hall–Kier alpha value is -1.47. The van der Waals surface area contributed by atoms with Gasteiger partial charge in [-0.1, -0.05) is 61.2 Å². The Balaban J connectivity index is 1.85. The van der Waals surface area contributed by atoms with Gasteiger partial charge in [0.05, 0.1) is 5.02 Å². The van der Waals surface area contributed by atoms with Gasteiger partial charge in [-0.25, -0.2) is 0 Å². The summed E-state index contributed by atoms with van der Waals surface area (Å²) >= 11 is 6.27. The summed E-state index contributed by atoms with van der Waals surface area (Å²) in [4.78, 5) is 0. The normalized spacial score (nSPS) is 16.2. The molecule has 104 valence electrons. The zero-order chi connectivity index (χ0) is 13.9. The quantitative estimate of drug-likeness (QED) is 0.710. The summed E-state index contributed by atoms with van der Waals surface area (Å²) in [5, 5.41) is 0.718. The van der Waals surface area contributed by atoms with Crippen LogP contribution in [0.5, 0.6) is 0 Å². The Morgan fingerprint density at radius 2 is 1.60 bits per heavy atom. The molecule has 2 heteroatoms. The standard InChI is InChI=1S/C18H20ClN/c19-18-12-16(20)10-11-17(18)15-8-6-14(7-9-15)13-4-2-1-3-5-13/h6-13H,1-5,20H2. The summed E-state index contributed by atoms with van der Waals surface area (Å²) in [6, 6.07) is 14.6. The van der Waals surface area contributed by atoms with Crippen LogP contribution in [0.2, 0.25) is 5.02 Å². The van der Waals surface area contributed by atoms with Gasteiger partial charge >= 0.3 is 0 Å². The van der Waals surface area contributed by atoms with Crippen molar-refractivity contribution in [1.82, 2.24) is 0 Å². The first kappa shape index (κ1) is 13.5. The number of nitrogen functional groups attached to an aromatic ring is 1. The van der Waals surface area contributed by atoms with E-state index >= 15 is 0 Å². The lowest BCUT2D eigenvalue weighted by atomic mass is 9.84. The van der Waals surface area contributed by atoms with Gasteiger partial charge in [-0.15, -0.1) is 0 Å². The molecule has 2 aromatic carbocycles. The Bertz CT molecular complexity index is 583. The van der Waals surface area contributed by atoms with E-state index in [-0.39, 0.29) is 0 Å². The highest BCUT2D eigenvalue weighted by Gasteiger charge is 2.15. The number of rotatable bonds is 2. The Labute approximate surface area is 125 Å². The van der Waals surface area contributed by atoms with E-state index in [9.17, 15) is 0 Å². The third-order valence-electron chi connectivity index (χ3n) is 4.29. The molecule has 1 nitrogen and oxygen atoms in total. The molecule has 0 aliphatic heterocycles. The summed E-state index contributed by atoms with van der Waals surface area (Å²) in [5.41, 5.74) is 10.1. The van der Waals surface area contributed by atoms with Gasteiger partial charge in [-0.05, 0) is 42.0 Å². The van der Waals surface area contributed by atoms with E-state index in [1.54, 1.807) is 0 Å². The van der Waals surface area contributed by atoms with E-state index in [1.807, 2.05) is 18.2 Å². The van der Waals surface area contributed by atoms with Crippen molar-refractivity contribution in [2.75, 3.05) is 5.73 Å². The third kappa shape index (κ3) is 2.83. The molecule has 2 N–H and O–H groups in total. The van der Waals surface area contributed by atoms with E-state index in [2.05, 4.69) is 24.3 Å². The van der Waals surface area contributed by atoms with Crippen molar-refractivity contribution >= 4 is 17.3 Å². The smallest absolute Gasteiger partial charge is 0.0504 e. The highest BCUT2D eigenvalue weighted by Crippen LogP contribution is 2.35. The van der Waals surface area contributed by atoms with Gasteiger partial charge < -0.3 is 5.73 Å². The Kier molecular flexibility index (Phi) is 3.98. The predicted molar refractivity (Wildman–Crippen MR) is 87.1 cm³/mol. The number of hydrogen-bond donors (Lipinski definition) is 1. The van der Waals surface area contributed by atoms with Gasteiger partial charge in [0.1, 0.15) is 0 Å². The van der Waals surface area contributed by atoms with Crippen molar-refractivity contribution < 1.29 is 0 Å². The van der Waals surface area contributed by atoms with E-state index < -0.39 is 0 Å². The van der Waals surface area contributed by atoms with E-state index in [4.69, 9.17) is 17.3 Å². The number of anilines is 1. The minimum absolute atomic E-state index is 0.706. The summed E-state index contributed by atoms with van der Waals surface area (Å²) in [6.07, 6.45) is 6.81. The van der Waals surface area contributed by atoms with Gasteiger partial charge in [0.15, 0.2) is 0 Å². The maximum absolute atomic E-state index is 6.27. The van der Waals surface area contributed by atoms with Gasteiger partial charge in [0.25, 0.3) is 0 Å². The fraction of sp³-hybridized carbons (Fsp3) is 0.333. The fourth-order valence-electron chi connectivity index (χ4n) is 3.14. The summed E-state index contributed by atoms with van der Waals surface area (Å²) < 4.78 is 0. The average Bonchev–Trinajstić information content (AvgIpc) is 2.48. The van der Waals surface area contributed by atoms with Crippen LogP contribution in [0.1, 0.15) is 43.6 Å². The van der Waals surface area contributed by atoms with Crippen LogP contribution < -0.4 is 5.73 Å². The van der Waals surface area contributed by atoms with Crippen molar-refractivity contribution in [3.8, 4) is 11.1 Å². The third-order valence-corrected chi connectivity index (χ3v) is 4.60. The minimum atomic E-state index is 0.706. The van der Waals surface area contributed by atoms with Crippen molar-refractivity contribution in [3.05, 3.63) is 53.1 Å². The van der Waals surface area contributed by atoms with Crippen LogP contribution in [0.15, 0.2) is 42.5 Å². The number of hydrogen-bond acceptors (Lipinski definition) is 1. The lowest BCUT2D eigenvalue weighted by Crippen LogP contribution is -2.04. The number of benzene rings is 2. The molecule has 1 aliphatic carbocycles. The van der Waals surface area contributed by atoms with Crippen LogP contribution in [0.4, 0.5) is 5.69 Å². The SMILES string of the molecule is Nc1ccc(-c2ccc(C3CCCCC3)cc2)c(Cl)c1. The fourth-order valence-corrected chi connectivity index (χ4v) is 3.43. The molecule has 0 atom stereocenters. The molecule has 1 fully saturated rings. The molecule has 1 aliphatic rings. The maximum atomic E-state index is 6.27. The molecule has 0 radical (unpaired) electrons. The van der Waals surface area contributed by atoms with Crippen LogP contribution in [-0.4, -0.2) is 0 Å². The molecule has 0 heterocycles. The van der Waals surface area contributed by atoms with Gasteiger partial charge in [0, 0.05) is 11.3 Å². The van der Waals surface area contributed by atoms with Crippen LogP contribution in [0.3, 0.4) is 0 Å². The van der Waals surface area contributed by atoms with Crippen LogP contribution in [-0.2, 0) is 0 Å². The average molecular weight is 286 g/mol. The molecule has 1 saturated carbocycles. The summed E-state index contributed by atoms with van der Waals surface area (Å²) in [6.45, 7) is 0. The number of halogens is 1. The Morgan fingerprint density at radius 3 is 2.25 bits per heavy atom. The Morgan fingerprint density at radius 1 is 0.900 bits per heavy atom. The van der Waals surface area contributed by atoms with Gasteiger partial charge in [-0.2, -0.15) is 0 Å². The van der Waals surface area contributed by atoms with Crippen molar-refractivity contribution in [1.29, 1.82) is 0 Å². The van der Waals surface area contributed by atoms with Crippen molar-refractivity contribution in [3.63, 3.8) is 0 Å². The zero-order valence-electron chi connectivity index (χ0n) is 11.6. The lowest BCUT2D eigenvalue weighted by Gasteiger charge is -2.22. The molecule has 20 heavy (non-hydrogen) atoms. The van der Waals surface area contributed by atoms with Gasteiger partial charge in [-0.3, -0.25) is 0 Å². The van der Waals surface area contributed by atoms with Gasteiger partial charge in [0.2, 0.25) is 0 Å². The highest BCUT2D eigenvalue weighted by molar-refractivity contribution is 6.33. The van der Waals surface area contributed by atoms with Crippen molar-refractivity contribution in [2.24, 2.45) is 0 Å². The van der Waals surface area contributed by atoms with E-state index in [1.165, 1.54) is 37.7 Å². The van der Waals surface area contributed by atoms with E-state index in [0.29, 0.717) is 5.69 Å². The molecule has 0 bridgehead atoms. The van der Waals surface area contributed by atoms with E-state index in [0.717, 1.165) is 22.1 Å². The summed E-state index contributed by atoms with van der Waals surface area (Å²) in [7, 11) is 0. The number of nitrogens with two attached hydrogens (primary N) is 1. The largest absolute Gasteiger partial charge is 0.399 e. The first-order chi connectivity index (χ1) is 9.74. The maximum Gasteiger partial charge on any atom is 0.0504 e. The predicted octanol–water partition coefficient (Wildman–Crippen LogP) is 5.64. The lowest BCUT2D eigenvalue weighted by molar-refractivity contribution is 0.443. The first-order valence-corrected chi connectivity index (χ1v) is 7.77. The molecule has 0 amide bonds. The molecule has 0 spiro atoms. The monoisotopic (exact) mass is 285 g/mol. The first-order valence-electron chi connectivity index (χ1n) is 7.39. The second kappa shape index (κ2) is 5.88. The molecular weight excluding hydrogens is 266 g/mol. The van der Waals surface area contributed by atoms with Crippen LogP contribution in [0, 0.1) is 0 Å². The molecule has 0 saturated heterocycles. The molecule has 3 rings (SSSR count). The topological polar surface area (TPSA) is 26.0 Å². The van der Waals surface area contributed by atoms with Crippen LogP contribution >= 0.6 is 11.6 Å². The van der Waals surface area contributed by atoms with Crippen molar-refractivity contribution in [2.45, 2.75) is 38.0 Å². The second-order valence-corrected chi connectivity index (χ2v) is 6.10. The molecular formula is C18H20ClN. The molecule has 0 unspecified atom stereocenters. The highest BCUT2D eigenvalue weighted by atomic mass is 35.5. The zero-order valence-corrected chi connectivity index (χ0v) is 12.4. The second-order valence-electron chi connectivity index (χ2n) is 5.70. The summed E-state index contributed by atoms with van der Waals surface area (Å²) in [5.74, 6) is 0.750. The minimum Gasteiger partial charge on any atom is -0.399 e. The molecule has 0 aromatic heterocycles. The molecule has 2 aromatic rings.